The third-order valence-electron chi connectivity index (χ3n) is 2.52. The fourth-order valence-electron chi connectivity index (χ4n) is 1.59. The molecule has 2 aromatic rings. The fraction of sp³-hybridized carbons (Fsp3) is 0.231. The minimum absolute atomic E-state index is 0.303. The van der Waals surface area contributed by atoms with Gasteiger partial charge >= 0.3 is 0 Å². The van der Waals surface area contributed by atoms with Crippen molar-refractivity contribution in [1.82, 2.24) is 5.32 Å². The van der Waals surface area contributed by atoms with Gasteiger partial charge in [-0.2, -0.15) is 0 Å². The van der Waals surface area contributed by atoms with E-state index in [2.05, 4.69) is 37.2 Å². The fourth-order valence-corrected chi connectivity index (χ4v) is 2.24. The third-order valence-corrected chi connectivity index (χ3v) is 4.23. The van der Waals surface area contributed by atoms with Gasteiger partial charge in [0.25, 0.3) is 0 Å². The van der Waals surface area contributed by atoms with E-state index >= 15 is 0 Å². The molecule has 1 heterocycles. The zero-order valence-electron chi connectivity index (χ0n) is 9.62. The number of aromatic hydroxyl groups is 1. The summed E-state index contributed by atoms with van der Waals surface area (Å²) in [5.74, 6) is 1.19. The highest BCUT2D eigenvalue weighted by Gasteiger charge is 2.05. The van der Waals surface area contributed by atoms with Crippen molar-refractivity contribution in [1.29, 1.82) is 0 Å². The average Bonchev–Trinajstić information content (AvgIpc) is 2.67. The van der Waals surface area contributed by atoms with Gasteiger partial charge in [0.05, 0.1) is 11.0 Å². The molecule has 1 aromatic heterocycles. The summed E-state index contributed by atoms with van der Waals surface area (Å²) in [5, 5.41) is 12.5. The zero-order chi connectivity index (χ0) is 13.0. The van der Waals surface area contributed by atoms with Gasteiger partial charge < -0.3 is 14.8 Å². The third kappa shape index (κ3) is 3.86. The van der Waals surface area contributed by atoms with Crippen LogP contribution in [0.15, 0.2) is 43.9 Å². The molecule has 0 saturated heterocycles. The van der Waals surface area contributed by atoms with Gasteiger partial charge in [-0.05, 0) is 68.6 Å². The van der Waals surface area contributed by atoms with Crippen LogP contribution in [0.4, 0.5) is 0 Å². The van der Waals surface area contributed by atoms with E-state index in [4.69, 9.17) is 9.52 Å². The molecule has 3 nitrogen and oxygen atoms in total. The van der Waals surface area contributed by atoms with Crippen LogP contribution in [0.1, 0.15) is 11.3 Å². The summed E-state index contributed by atoms with van der Waals surface area (Å²) in [6.45, 7) is 1.56. The first-order valence-corrected chi connectivity index (χ1v) is 7.16. The Morgan fingerprint density at radius 1 is 1.17 bits per heavy atom. The molecular weight excluding hydrogens is 362 g/mol. The van der Waals surface area contributed by atoms with E-state index in [9.17, 15) is 0 Å². The number of rotatable bonds is 5. The lowest BCUT2D eigenvalue weighted by atomic mass is 10.1. The molecule has 96 valence electrons. The molecule has 2 N–H and O–H groups in total. The van der Waals surface area contributed by atoms with Crippen molar-refractivity contribution in [3.63, 3.8) is 0 Å². The Morgan fingerprint density at radius 2 is 1.89 bits per heavy atom. The summed E-state index contributed by atoms with van der Waals surface area (Å²) in [4.78, 5) is 0. The largest absolute Gasteiger partial charge is 0.508 e. The highest BCUT2D eigenvalue weighted by atomic mass is 79.9. The first kappa shape index (κ1) is 13.6. The molecule has 18 heavy (non-hydrogen) atoms. The summed E-state index contributed by atoms with van der Waals surface area (Å²) in [7, 11) is 0. The van der Waals surface area contributed by atoms with Crippen LogP contribution in [-0.2, 0) is 13.0 Å². The number of nitrogens with one attached hydrogen (secondary N) is 1. The molecule has 0 aliphatic heterocycles. The van der Waals surface area contributed by atoms with Crippen molar-refractivity contribution in [3.8, 4) is 5.75 Å². The Labute approximate surface area is 122 Å². The summed E-state index contributed by atoms with van der Waals surface area (Å²) in [6.07, 6.45) is 0.920. The lowest BCUT2D eigenvalue weighted by molar-refractivity contribution is 0.465. The van der Waals surface area contributed by atoms with Crippen LogP contribution in [0.3, 0.4) is 0 Å². The van der Waals surface area contributed by atoms with Crippen molar-refractivity contribution in [2.75, 3.05) is 6.54 Å². The first-order chi connectivity index (χ1) is 8.65. The number of phenolic OH excluding ortho intramolecular Hbond substituents is 1. The quantitative estimate of drug-likeness (QED) is 0.781. The van der Waals surface area contributed by atoms with Gasteiger partial charge in [0.1, 0.15) is 11.5 Å². The van der Waals surface area contributed by atoms with E-state index in [1.165, 1.54) is 5.56 Å². The molecule has 0 unspecified atom stereocenters. The number of phenols is 1. The van der Waals surface area contributed by atoms with E-state index in [0.717, 1.165) is 27.9 Å². The summed E-state index contributed by atoms with van der Waals surface area (Å²) in [5.41, 5.74) is 1.20. The maximum atomic E-state index is 9.17. The van der Waals surface area contributed by atoms with E-state index in [-0.39, 0.29) is 0 Å². The second-order valence-corrected chi connectivity index (χ2v) is 5.50. The standard InChI is InChI=1S/C13H13Br2NO2/c14-12-7-11(18-13(12)15)8-16-6-5-9-1-3-10(17)4-2-9/h1-4,7,16-17H,5-6,8H2. The monoisotopic (exact) mass is 373 g/mol. The Bertz CT molecular complexity index is 489. The summed E-state index contributed by atoms with van der Waals surface area (Å²) in [6, 6.07) is 9.21. The van der Waals surface area contributed by atoms with Crippen molar-refractivity contribution in [3.05, 3.63) is 50.8 Å². The zero-order valence-corrected chi connectivity index (χ0v) is 12.8. The molecule has 0 atom stereocenters. The predicted molar refractivity (Wildman–Crippen MR) is 77.6 cm³/mol. The van der Waals surface area contributed by atoms with Gasteiger partial charge in [-0.3, -0.25) is 0 Å². The molecule has 0 amide bonds. The normalized spacial score (nSPS) is 10.8. The van der Waals surface area contributed by atoms with Crippen molar-refractivity contribution >= 4 is 31.9 Å². The number of benzene rings is 1. The highest BCUT2D eigenvalue weighted by molar-refractivity contribution is 9.13. The van der Waals surface area contributed by atoms with E-state index < -0.39 is 0 Å². The maximum Gasteiger partial charge on any atom is 0.183 e. The lowest BCUT2D eigenvalue weighted by Crippen LogP contribution is -2.16. The Morgan fingerprint density at radius 3 is 2.50 bits per heavy atom. The predicted octanol–water partition coefficient (Wildman–Crippen LogP) is 3.84. The molecule has 0 bridgehead atoms. The molecule has 0 radical (unpaired) electrons. The molecule has 0 fully saturated rings. The molecule has 2 rings (SSSR count). The van der Waals surface area contributed by atoms with Gasteiger partial charge in [0.15, 0.2) is 4.67 Å². The molecular formula is C13H13Br2NO2. The van der Waals surface area contributed by atoms with Crippen LogP contribution in [0.25, 0.3) is 0 Å². The van der Waals surface area contributed by atoms with Crippen LogP contribution in [0.5, 0.6) is 5.75 Å². The van der Waals surface area contributed by atoms with Gasteiger partial charge in [-0.1, -0.05) is 12.1 Å². The van der Waals surface area contributed by atoms with E-state index in [1.807, 2.05) is 18.2 Å². The maximum absolute atomic E-state index is 9.17. The highest BCUT2D eigenvalue weighted by Crippen LogP contribution is 2.26. The molecule has 0 saturated carbocycles. The number of hydrogen-bond donors (Lipinski definition) is 2. The molecule has 1 aromatic carbocycles. The Hall–Kier alpha value is -0.780. The second kappa shape index (κ2) is 6.41. The van der Waals surface area contributed by atoms with E-state index in [1.54, 1.807) is 12.1 Å². The average molecular weight is 375 g/mol. The van der Waals surface area contributed by atoms with Crippen LogP contribution >= 0.6 is 31.9 Å². The van der Waals surface area contributed by atoms with Crippen molar-refractivity contribution in [2.24, 2.45) is 0 Å². The Balaban J connectivity index is 1.74. The lowest BCUT2D eigenvalue weighted by Gasteiger charge is -2.03. The summed E-state index contributed by atoms with van der Waals surface area (Å²) >= 11 is 6.68. The van der Waals surface area contributed by atoms with Gasteiger partial charge in [0.2, 0.25) is 0 Å². The van der Waals surface area contributed by atoms with Crippen LogP contribution in [0, 0.1) is 0 Å². The molecule has 5 heteroatoms. The summed E-state index contributed by atoms with van der Waals surface area (Å²) < 4.78 is 7.11. The number of halogens is 2. The van der Waals surface area contributed by atoms with Gasteiger partial charge in [-0.25, -0.2) is 0 Å². The van der Waals surface area contributed by atoms with Crippen molar-refractivity contribution < 1.29 is 9.52 Å². The smallest absolute Gasteiger partial charge is 0.183 e. The second-order valence-electron chi connectivity index (χ2n) is 3.93. The van der Waals surface area contributed by atoms with Gasteiger partial charge in [-0.15, -0.1) is 0 Å². The van der Waals surface area contributed by atoms with Crippen LogP contribution < -0.4 is 5.32 Å². The SMILES string of the molecule is Oc1ccc(CCNCc2cc(Br)c(Br)o2)cc1. The minimum atomic E-state index is 0.303. The minimum Gasteiger partial charge on any atom is -0.508 e. The first-order valence-electron chi connectivity index (χ1n) is 5.57. The molecule has 0 spiro atoms. The molecule has 0 aliphatic rings. The topological polar surface area (TPSA) is 45.4 Å². The van der Waals surface area contributed by atoms with Crippen LogP contribution in [0.2, 0.25) is 0 Å². The molecule has 0 aliphatic carbocycles. The van der Waals surface area contributed by atoms with Crippen molar-refractivity contribution in [2.45, 2.75) is 13.0 Å². The number of furan rings is 1. The van der Waals surface area contributed by atoms with E-state index in [0.29, 0.717) is 12.3 Å². The Kier molecular flexibility index (Phi) is 4.86. The van der Waals surface area contributed by atoms with Crippen LogP contribution in [-0.4, -0.2) is 11.7 Å². The van der Waals surface area contributed by atoms with Gasteiger partial charge in [0, 0.05) is 0 Å². The number of hydrogen-bond acceptors (Lipinski definition) is 3.